The highest BCUT2D eigenvalue weighted by Gasteiger charge is 2.31. The molecule has 7 nitrogen and oxygen atoms in total. The molecular weight excluding hydrogens is 368 g/mol. The fraction of sp³-hybridized carbons (Fsp3) is 0.636. The minimum absolute atomic E-state index is 0.0201. The number of rotatable bonds is 11. The summed E-state index contributed by atoms with van der Waals surface area (Å²) in [6.07, 6.45) is 2.30. The molecule has 0 spiro atoms. The van der Waals surface area contributed by atoms with E-state index in [0.717, 1.165) is 43.9 Å². The van der Waals surface area contributed by atoms with Gasteiger partial charge in [-0.3, -0.25) is 4.79 Å². The maximum atomic E-state index is 12.4. The van der Waals surface area contributed by atoms with Crippen molar-refractivity contribution in [2.24, 2.45) is 0 Å². The second-order valence-corrected chi connectivity index (χ2v) is 7.52. The van der Waals surface area contributed by atoms with Crippen molar-refractivity contribution in [3.63, 3.8) is 0 Å². The molecule has 1 aromatic carbocycles. The molecule has 0 unspecified atom stereocenters. The summed E-state index contributed by atoms with van der Waals surface area (Å²) in [6, 6.07) is 7.19. The lowest BCUT2D eigenvalue weighted by molar-refractivity contribution is -0.117. The summed E-state index contributed by atoms with van der Waals surface area (Å²) in [4.78, 5) is 28.8. The number of anilines is 1. The number of hydrogen-bond acceptors (Lipinski definition) is 4. The van der Waals surface area contributed by atoms with E-state index in [2.05, 4.69) is 29.4 Å². The lowest BCUT2D eigenvalue weighted by Crippen LogP contribution is -2.46. The number of nitrogens with one attached hydrogen (secondary N) is 2. The fourth-order valence-electron chi connectivity index (χ4n) is 3.63. The molecule has 7 heteroatoms. The van der Waals surface area contributed by atoms with Crippen molar-refractivity contribution in [2.45, 2.75) is 59.0 Å². The van der Waals surface area contributed by atoms with E-state index in [1.54, 1.807) is 4.90 Å². The molecule has 2 rings (SSSR count). The van der Waals surface area contributed by atoms with E-state index in [-0.39, 0.29) is 24.0 Å². The maximum Gasteiger partial charge on any atom is 0.315 e. The lowest BCUT2D eigenvalue weighted by Gasteiger charge is -2.21. The van der Waals surface area contributed by atoms with Crippen LogP contribution < -0.4 is 20.3 Å². The highest BCUT2D eigenvalue weighted by molar-refractivity contribution is 5.96. The van der Waals surface area contributed by atoms with Crippen molar-refractivity contribution in [1.82, 2.24) is 15.5 Å². The van der Waals surface area contributed by atoms with Crippen LogP contribution in [-0.2, 0) is 4.79 Å². The lowest BCUT2D eigenvalue weighted by atomic mass is 10.2. The van der Waals surface area contributed by atoms with Crippen molar-refractivity contribution in [1.29, 1.82) is 0 Å². The Morgan fingerprint density at radius 2 is 1.93 bits per heavy atom. The number of amides is 3. The van der Waals surface area contributed by atoms with Crippen LogP contribution in [0.5, 0.6) is 5.75 Å². The molecule has 1 aliphatic rings. The zero-order valence-electron chi connectivity index (χ0n) is 18.2. The Morgan fingerprint density at radius 3 is 2.55 bits per heavy atom. The minimum atomic E-state index is -0.202. The van der Waals surface area contributed by atoms with Crippen molar-refractivity contribution < 1.29 is 14.3 Å². The Morgan fingerprint density at radius 1 is 1.24 bits per heavy atom. The number of hydrogen-bond donors (Lipinski definition) is 2. The molecule has 29 heavy (non-hydrogen) atoms. The normalized spacial score (nSPS) is 17.5. The molecule has 0 aliphatic carbocycles. The standard InChI is InChI=1S/C22H36N4O3/c1-5-25(6-2)14-8-9-17(4)23-22(28)24-18-15-21(27)26(16-18)19-10-12-20(13-11-19)29-7-3/h10-13,17-18H,5-9,14-16H2,1-4H3,(H2,23,24,28)/t17-,18+/m1/s1. The van der Waals surface area contributed by atoms with E-state index in [4.69, 9.17) is 4.74 Å². The summed E-state index contributed by atoms with van der Waals surface area (Å²) in [5.74, 6) is 0.804. The van der Waals surface area contributed by atoms with Crippen LogP contribution in [-0.4, -0.2) is 61.7 Å². The molecule has 1 saturated heterocycles. The predicted molar refractivity (Wildman–Crippen MR) is 117 cm³/mol. The van der Waals surface area contributed by atoms with Crippen LogP contribution in [0.2, 0.25) is 0 Å². The molecule has 1 fully saturated rings. The molecule has 0 aromatic heterocycles. The van der Waals surface area contributed by atoms with Crippen LogP contribution in [0.15, 0.2) is 24.3 Å². The first kappa shape index (κ1) is 23.0. The van der Waals surface area contributed by atoms with Gasteiger partial charge in [0.2, 0.25) is 5.91 Å². The quantitative estimate of drug-likeness (QED) is 0.595. The van der Waals surface area contributed by atoms with Gasteiger partial charge in [-0.2, -0.15) is 0 Å². The van der Waals surface area contributed by atoms with Crippen LogP contribution in [0.3, 0.4) is 0 Å². The summed E-state index contributed by atoms with van der Waals surface area (Å²) >= 11 is 0. The largest absolute Gasteiger partial charge is 0.494 e. The number of benzene rings is 1. The van der Waals surface area contributed by atoms with Crippen LogP contribution in [0.4, 0.5) is 10.5 Å². The monoisotopic (exact) mass is 404 g/mol. The van der Waals surface area contributed by atoms with Gasteiger partial charge in [0, 0.05) is 24.7 Å². The minimum Gasteiger partial charge on any atom is -0.494 e. The van der Waals surface area contributed by atoms with E-state index >= 15 is 0 Å². The van der Waals surface area contributed by atoms with Gasteiger partial charge in [-0.25, -0.2) is 4.79 Å². The van der Waals surface area contributed by atoms with Crippen molar-refractivity contribution in [2.75, 3.05) is 37.7 Å². The van der Waals surface area contributed by atoms with Crippen LogP contribution in [0.25, 0.3) is 0 Å². The van der Waals surface area contributed by atoms with Gasteiger partial charge in [-0.1, -0.05) is 13.8 Å². The number of nitrogens with zero attached hydrogens (tertiary/aromatic N) is 2. The number of ether oxygens (including phenoxy) is 1. The van der Waals surface area contributed by atoms with Crippen molar-refractivity contribution >= 4 is 17.6 Å². The first-order valence-electron chi connectivity index (χ1n) is 10.8. The molecule has 1 aromatic rings. The maximum absolute atomic E-state index is 12.4. The number of urea groups is 1. The Kier molecular flexibility index (Phi) is 9.25. The van der Waals surface area contributed by atoms with Gasteiger partial charge < -0.3 is 25.2 Å². The molecule has 2 atom stereocenters. The van der Waals surface area contributed by atoms with E-state index in [9.17, 15) is 9.59 Å². The Hall–Kier alpha value is -2.28. The fourth-order valence-corrected chi connectivity index (χ4v) is 3.63. The van der Waals surface area contributed by atoms with Gasteiger partial charge in [0.15, 0.2) is 0 Å². The van der Waals surface area contributed by atoms with Gasteiger partial charge in [0.05, 0.1) is 12.6 Å². The topological polar surface area (TPSA) is 73.9 Å². The average molecular weight is 405 g/mol. The third kappa shape index (κ3) is 7.24. The zero-order chi connectivity index (χ0) is 21.2. The smallest absolute Gasteiger partial charge is 0.315 e. The third-order valence-electron chi connectivity index (χ3n) is 5.30. The Labute approximate surface area is 174 Å². The van der Waals surface area contributed by atoms with Gasteiger partial charge in [0.25, 0.3) is 0 Å². The average Bonchev–Trinajstić information content (AvgIpc) is 3.06. The van der Waals surface area contributed by atoms with E-state index < -0.39 is 0 Å². The van der Waals surface area contributed by atoms with Crippen LogP contribution >= 0.6 is 0 Å². The van der Waals surface area contributed by atoms with Gasteiger partial charge >= 0.3 is 6.03 Å². The van der Waals surface area contributed by atoms with Crippen molar-refractivity contribution in [3.05, 3.63) is 24.3 Å². The molecule has 0 saturated carbocycles. The van der Waals surface area contributed by atoms with Crippen molar-refractivity contribution in [3.8, 4) is 5.75 Å². The molecule has 2 N–H and O–H groups in total. The van der Waals surface area contributed by atoms with E-state index in [0.29, 0.717) is 19.6 Å². The second-order valence-electron chi connectivity index (χ2n) is 7.52. The SMILES string of the molecule is CCOc1ccc(N2C[C@@H](NC(=O)N[C@H](C)CCCN(CC)CC)CC2=O)cc1. The predicted octanol–water partition coefficient (Wildman–Crippen LogP) is 3.00. The van der Waals surface area contributed by atoms with Gasteiger partial charge in [-0.05, 0) is 70.6 Å². The summed E-state index contributed by atoms with van der Waals surface area (Å²) in [7, 11) is 0. The summed E-state index contributed by atoms with van der Waals surface area (Å²) in [6.45, 7) is 12.5. The first-order valence-corrected chi connectivity index (χ1v) is 10.8. The Bertz CT molecular complexity index is 646. The molecule has 0 radical (unpaired) electrons. The molecular formula is C22H36N4O3. The van der Waals surface area contributed by atoms with Crippen LogP contribution in [0.1, 0.15) is 47.0 Å². The molecule has 1 aliphatic heterocycles. The van der Waals surface area contributed by atoms with E-state index in [1.165, 1.54) is 0 Å². The third-order valence-corrected chi connectivity index (χ3v) is 5.30. The molecule has 3 amide bonds. The zero-order valence-corrected chi connectivity index (χ0v) is 18.2. The Balaban J connectivity index is 1.76. The summed E-state index contributed by atoms with van der Waals surface area (Å²) < 4.78 is 5.44. The highest BCUT2D eigenvalue weighted by atomic mass is 16.5. The van der Waals surface area contributed by atoms with Gasteiger partial charge in [0.1, 0.15) is 5.75 Å². The summed E-state index contributed by atoms with van der Waals surface area (Å²) in [5, 5.41) is 5.94. The number of carbonyl (C=O) groups is 2. The molecule has 0 bridgehead atoms. The van der Waals surface area contributed by atoms with Crippen LogP contribution in [0, 0.1) is 0 Å². The first-order chi connectivity index (χ1) is 14.0. The van der Waals surface area contributed by atoms with Gasteiger partial charge in [-0.15, -0.1) is 0 Å². The highest BCUT2D eigenvalue weighted by Crippen LogP contribution is 2.24. The second kappa shape index (κ2) is 11.7. The summed E-state index contributed by atoms with van der Waals surface area (Å²) in [5.41, 5.74) is 0.827. The van der Waals surface area contributed by atoms with E-state index in [1.807, 2.05) is 38.1 Å². The molecule has 162 valence electrons. The number of carbonyl (C=O) groups excluding carboxylic acids is 2. The molecule has 1 heterocycles.